The number of amides is 1. The van der Waals surface area contributed by atoms with Crippen molar-refractivity contribution >= 4 is 22.5 Å². The van der Waals surface area contributed by atoms with Crippen LogP contribution in [0.25, 0.3) is 16.6 Å². The van der Waals surface area contributed by atoms with Gasteiger partial charge in [-0.1, -0.05) is 6.07 Å². The van der Waals surface area contributed by atoms with Crippen LogP contribution in [-0.4, -0.2) is 51.7 Å². The molecule has 3 aromatic rings. The molecule has 1 fully saturated rings. The van der Waals surface area contributed by atoms with Crippen molar-refractivity contribution in [2.45, 2.75) is 19.8 Å². The first kappa shape index (κ1) is 16.7. The number of nitrogens with one attached hydrogen (secondary N) is 1. The summed E-state index contributed by atoms with van der Waals surface area (Å²) in [6.45, 7) is 3.96. The Balaban J connectivity index is 1.67. The molecule has 0 aliphatic carbocycles. The van der Waals surface area contributed by atoms with Gasteiger partial charge in [-0.05, 0) is 25.5 Å². The summed E-state index contributed by atoms with van der Waals surface area (Å²) in [4.78, 5) is 31.3. The zero-order chi connectivity index (χ0) is 18.3. The first-order valence-corrected chi connectivity index (χ1v) is 8.60. The van der Waals surface area contributed by atoms with E-state index in [-0.39, 0.29) is 23.5 Å². The summed E-state index contributed by atoms with van der Waals surface area (Å²) in [5, 5.41) is 3.19. The molecule has 0 radical (unpaired) electrons. The average Bonchev–Trinajstić information content (AvgIpc) is 3.02. The number of morpholine rings is 1. The molecule has 1 saturated heterocycles. The van der Waals surface area contributed by atoms with Gasteiger partial charge in [0.05, 0.1) is 24.1 Å². The number of carbonyl (C=O) groups excluding carboxylic acids is 1. The number of aromatic amines is 1. The van der Waals surface area contributed by atoms with Gasteiger partial charge in [0, 0.05) is 30.8 Å². The predicted octanol–water partition coefficient (Wildman–Crippen LogP) is 1.41. The standard InChI is InChI=1S/C18H19FN4O3/c1-11-12(5-6-15(24)22-7-9-26-10-8-22)18(25)23-17(20-11)16-13(19)3-2-4-14(16)21-23/h2-4,21H,5-10H2,1H3. The van der Waals surface area contributed by atoms with Crippen molar-refractivity contribution < 1.29 is 13.9 Å². The van der Waals surface area contributed by atoms with E-state index in [9.17, 15) is 14.0 Å². The number of halogens is 1. The van der Waals surface area contributed by atoms with Crippen LogP contribution in [0.1, 0.15) is 17.7 Å². The van der Waals surface area contributed by atoms with Crippen LogP contribution in [0.5, 0.6) is 0 Å². The summed E-state index contributed by atoms with van der Waals surface area (Å²) < 4.78 is 20.6. The number of carbonyl (C=O) groups is 1. The number of nitrogens with zero attached hydrogens (tertiary/aromatic N) is 3. The third-order valence-electron chi connectivity index (χ3n) is 4.81. The molecule has 0 unspecified atom stereocenters. The van der Waals surface area contributed by atoms with E-state index >= 15 is 0 Å². The lowest BCUT2D eigenvalue weighted by atomic mass is 10.1. The highest BCUT2D eigenvalue weighted by Crippen LogP contribution is 2.21. The average molecular weight is 358 g/mol. The van der Waals surface area contributed by atoms with Crippen LogP contribution >= 0.6 is 0 Å². The molecular formula is C18H19FN4O3. The Bertz CT molecular complexity index is 1050. The van der Waals surface area contributed by atoms with Crippen LogP contribution in [0, 0.1) is 12.7 Å². The molecule has 2 aromatic heterocycles. The molecule has 8 heteroatoms. The van der Waals surface area contributed by atoms with Crippen LogP contribution in [0.4, 0.5) is 4.39 Å². The molecule has 7 nitrogen and oxygen atoms in total. The minimum absolute atomic E-state index is 0.000104. The second-order valence-corrected chi connectivity index (χ2v) is 6.41. The van der Waals surface area contributed by atoms with E-state index in [4.69, 9.17) is 4.74 Å². The number of rotatable bonds is 3. The second kappa shape index (κ2) is 6.53. The van der Waals surface area contributed by atoms with E-state index in [1.54, 1.807) is 24.0 Å². The highest BCUT2D eigenvalue weighted by Gasteiger charge is 2.20. The highest BCUT2D eigenvalue weighted by molar-refractivity contribution is 5.92. The molecule has 1 aliphatic rings. The lowest BCUT2D eigenvalue weighted by Crippen LogP contribution is -2.41. The molecule has 26 heavy (non-hydrogen) atoms. The number of fused-ring (bicyclic) bond motifs is 3. The Labute approximate surface area is 148 Å². The zero-order valence-electron chi connectivity index (χ0n) is 14.4. The summed E-state index contributed by atoms with van der Waals surface area (Å²) in [6, 6.07) is 4.61. The molecule has 136 valence electrons. The van der Waals surface area contributed by atoms with Crippen LogP contribution in [0.15, 0.2) is 23.0 Å². The molecular weight excluding hydrogens is 339 g/mol. The van der Waals surface area contributed by atoms with Crippen molar-refractivity contribution in [1.29, 1.82) is 0 Å². The summed E-state index contributed by atoms with van der Waals surface area (Å²) in [5.41, 5.74) is 1.47. The minimum atomic E-state index is -0.428. The minimum Gasteiger partial charge on any atom is -0.378 e. The number of H-pyrrole nitrogens is 1. The maximum Gasteiger partial charge on any atom is 0.276 e. The van der Waals surface area contributed by atoms with Crippen molar-refractivity contribution in [2.75, 3.05) is 26.3 Å². The van der Waals surface area contributed by atoms with Crippen molar-refractivity contribution in [3.05, 3.63) is 45.6 Å². The molecule has 0 spiro atoms. The maximum atomic E-state index is 14.1. The second-order valence-electron chi connectivity index (χ2n) is 6.41. The summed E-state index contributed by atoms with van der Waals surface area (Å²) in [5.74, 6) is -0.428. The van der Waals surface area contributed by atoms with Gasteiger partial charge in [0.25, 0.3) is 5.56 Å². The molecule has 1 amide bonds. The van der Waals surface area contributed by atoms with Gasteiger partial charge in [0.2, 0.25) is 5.91 Å². The van der Waals surface area contributed by atoms with Gasteiger partial charge in [0.1, 0.15) is 5.82 Å². The molecule has 4 rings (SSSR count). The van der Waals surface area contributed by atoms with E-state index < -0.39 is 5.82 Å². The molecule has 0 atom stereocenters. The van der Waals surface area contributed by atoms with Gasteiger partial charge >= 0.3 is 0 Å². The van der Waals surface area contributed by atoms with Crippen molar-refractivity contribution in [3.63, 3.8) is 0 Å². The smallest absolute Gasteiger partial charge is 0.276 e. The Morgan fingerprint density at radius 3 is 2.88 bits per heavy atom. The monoisotopic (exact) mass is 358 g/mol. The molecule has 1 aliphatic heterocycles. The molecule has 3 heterocycles. The van der Waals surface area contributed by atoms with Gasteiger partial charge in [-0.2, -0.15) is 0 Å². The maximum absolute atomic E-state index is 14.1. The fraction of sp³-hybridized carbons (Fsp3) is 0.389. The van der Waals surface area contributed by atoms with Crippen LogP contribution in [-0.2, 0) is 16.0 Å². The first-order valence-electron chi connectivity index (χ1n) is 8.60. The largest absolute Gasteiger partial charge is 0.378 e. The van der Waals surface area contributed by atoms with Crippen molar-refractivity contribution in [1.82, 2.24) is 19.5 Å². The van der Waals surface area contributed by atoms with Gasteiger partial charge in [-0.15, -0.1) is 0 Å². The third kappa shape index (κ3) is 2.76. The van der Waals surface area contributed by atoms with Crippen LogP contribution in [0.2, 0.25) is 0 Å². The Kier molecular flexibility index (Phi) is 4.20. The predicted molar refractivity (Wildman–Crippen MR) is 93.7 cm³/mol. The zero-order valence-corrected chi connectivity index (χ0v) is 14.4. The number of hydrogen-bond acceptors (Lipinski definition) is 4. The number of aryl methyl sites for hydroxylation is 1. The topological polar surface area (TPSA) is 79.7 Å². The molecule has 0 bridgehead atoms. The van der Waals surface area contributed by atoms with Gasteiger partial charge < -0.3 is 9.64 Å². The number of hydrogen-bond donors (Lipinski definition) is 1. The van der Waals surface area contributed by atoms with E-state index in [1.165, 1.54) is 10.6 Å². The SMILES string of the molecule is Cc1nc2c3c(F)cccc3[nH]n2c(=O)c1CCC(=O)N1CCOCC1. The summed E-state index contributed by atoms with van der Waals surface area (Å²) in [7, 11) is 0. The van der Waals surface area contributed by atoms with Gasteiger partial charge in [0.15, 0.2) is 5.65 Å². The Hall–Kier alpha value is -2.74. The van der Waals surface area contributed by atoms with Gasteiger partial charge in [-0.25, -0.2) is 13.9 Å². The third-order valence-corrected chi connectivity index (χ3v) is 4.81. The van der Waals surface area contributed by atoms with Crippen LogP contribution < -0.4 is 5.56 Å². The quantitative estimate of drug-likeness (QED) is 0.768. The number of aromatic nitrogens is 3. The molecule has 1 aromatic carbocycles. The van der Waals surface area contributed by atoms with E-state index in [2.05, 4.69) is 10.1 Å². The Morgan fingerprint density at radius 1 is 1.35 bits per heavy atom. The lowest BCUT2D eigenvalue weighted by molar-refractivity contribution is -0.135. The fourth-order valence-corrected chi connectivity index (χ4v) is 3.39. The van der Waals surface area contributed by atoms with Crippen LogP contribution in [0.3, 0.4) is 0 Å². The molecule has 1 N–H and O–H groups in total. The number of ether oxygens (including phenoxy) is 1. The summed E-state index contributed by atoms with van der Waals surface area (Å²) in [6.07, 6.45) is 0.535. The normalized spacial score (nSPS) is 15.1. The first-order chi connectivity index (χ1) is 12.6. The Morgan fingerprint density at radius 2 is 2.12 bits per heavy atom. The van der Waals surface area contributed by atoms with E-state index in [0.29, 0.717) is 54.9 Å². The highest BCUT2D eigenvalue weighted by atomic mass is 19.1. The number of benzene rings is 1. The van der Waals surface area contributed by atoms with Crippen molar-refractivity contribution in [2.24, 2.45) is 0 Å². The fourth-order valence-electron chi connectivity index (χ4n) is 3.39. The van der Waals surface area contributed by atoms with E-state index in [0.717, 1.165) is 0 Å². The van der Waals surface area contributed by atoms with Gasteiger partial charge in [-0.3, -0.25) is 14.7 Å². The van der Waals surface area contributed by atoms with Crippen molar-refractivity contribution in [3.8, 4) is 0 Å². The lowest BCUT2D eigenvalue weighted by Gasteiger charge is -2.26. The van der Waals surface area contributed by atoms with E-state index in [1.807, 2.05) is 0 Å². The molecule has 0 saturated carbocycles. The summed E-state index contributed by atoms with van der Waals surface area (Å²) >= 11 is 0.